The predicted octanol–water partition coefficient (Wildman–Crippen LogP) is 3.92. The summed E-state index contributed by atoms with van der Waals surface area (Å²) in [7, 11) is 0. The molecule has 86 valence electrons. The van der Waals surface area contributed by atoms with Crippen LogP contribution in [-0.4, -0.2) is 5.11 Å². The van der Waals surface area contributed by atoms with Gasteiger partial charge in [-0.3, -0.25) is 0 Å². The molecule has 0 radical (unpaired) electrons. The first-order valence-electron chi connectivity index (χ1n) is 4.49. The Kier molecular flexibility index (Phi) is 6.37. The molecule has 0 amide bonds. The van der Waals surface area contributed by atoms with Gasteiger partial charge in [-0.15, -0.1) is 12.4 Å². The Hall–Kier alpha value is -0.150. The van der Waals surface area contributed by atoms with Crippen molar-refractivity contribution < 1.29 is 5.11 Å². The second-order valence-electron chi connectivity index (χ2n) is 3.22. The molecule has 1 rings (SSSR count). The topological polar surface area (TPSA) is 46.2 Å². The summed E-state index contributed by atoms with van der Waals surface area (Å²) in [5, 5.41) is 10.4. The Morgan fingerprint density at radius 2 is 2.00 bits per heavy atom. The van der Waals surface area contributed by atoms with Gasteiger partial charge in [0.2, 0.25) is 0 Å². The highest BCUT2D eigenvalue weighted by Gasteiger charge is 2.13. The fraction of sp³-hybridized carbons (Fsp3) is 0.400. The number of halogens is 3. The van der Waals surface area contributed by atoms with Gasteiger partial charge < -0.3 is 10.8 Å². The quantitative estimate of drug-likeness (QED) is 0.874. The van der Waals surface area contributed by atoms with Crippen LogP contribution in [0.5, 0.6) is 5.75 Å². The summed E-state index contributed by atoms with van der Waals surface area (Å²) < 4.78 is 0. The van der Waals surface area contributed by atoms with Gasteiger partial charge in [-0.25, -0.2) is 0 Å². The second-order valence-corrected chi connectivity index (χ2v) is 4.06. The maximum Gasteiger partial charge on any atom is 0.139 e. The van der Waals surface area contributed by atoms with Crippen LogP contribution in [0.2, 0.25) is 10.0 Å². The Balaban J connectivity index is 0.00000196. The van der Waals surface area contributed by atoms with Gasteiger partial charge in [0.05, 0.1) is 5.02 Å². The molecule has 0 heterocycles. The number of benzene rings is 1. The first-order valence-corrected chi connectivity index (χ1v) is 5.25. The van der Waals surface area contributed by atoms with Crippen molar-refractivity contribution in [2.75, 3.05) is 0 Å². The Bertz CT molecular complexity index is 331. The molecular weight excluding hydrogens is 256 g/mol. The molecule has 3 N–H and O–H groups in total. The van der Waals surface area contributed by atoms with Crippen LogP contribution >= 0.6 is 35.6 Å². The van der Waals surface area contributed by atoms with Gasteiger partial charge in [-0.2, -0.15) is 0 Å². The number of hydrogen-bond acceptors (Lipinski definition) is 2. The van der Waals surface area contributed by atoms with Crippen molar-refractivity contribution in [3.8, 4) is 5.75 Å². The average Bonchev–Trinajstić information content (AvgIpc) is 2.11. The third-order valence-corrected chi connectivity index (χ3v) is 2.56. The van der Waals surface area contributed by atoms with Gasteiger partial charge in [-0.05, 0) is 18.6 Å². The molecule has 1 atom stereocenters. The lowest BCUT2D eigenvalue weighted by atomic mass is 10.0. The smallest absolute Gasteiger partial charge is 0.139 e. The van der Waals surface area contributed by atoms with Crippen LogP contribution < -0.4 is 5.73 Å². The minimum atomic E-state index is -0.212. The molecule has 0 fully saturated rings. The maximum absolute atomic E-state index is 9.65. The second kappa shape index (κ2) is 6.44. The zero-order valence-electron chi connectivity index (χ0n) is 8.34. The first kappa shape index (κ1) is 14.8. The number of phenols is 1. The van der Waals surface area contributed by atoms with E-state index in [0.717, 1.165) is 12.8 Å². The van der Waals surface area contributed by atoms with Crippen LogP contribution in [-0.2, 0) is 0 Å². The molecule has 2 nitrogen and oxygen atoms in total. The van der Waals surface area contributed by atoms with Crippen LogP contribution in [0.15, 0.2) is 12.1 Å². The lowest BCUT2D eigenvalue weighted by Crippen LogP contribution is -2.10. The summed E-state index contributed by atoms with van der Waals surface area (Å²) in [4.78, 5) is 0. The molecule has 0 bridgehead atoms. The Labute approximate surface area is 106 Å². The van der Waals surface area contributed by atoms with E-state index in [2.05, 4.69) is 0 Å². The SMILES string of the molecule is CCC[C@@H](N)c1cc(Cl)cc(Cl)c1O.Cl. The molecule has 0 saturated heterocycles. The fourth-order valence-electron chi connectivity index (χ4n) is 1.34. The van der Waals surface area contributed by atoms with Crippen LogP contribution in [0.1, 0.15) is 31.4 Å². The van der Waals surface area contributed by atoms with Gasteiger partial charge >= 0.3 is 0 Å². The highest BCUT2D eigenvalue weighted by Crippen LogP contribution is 2.35. The predicted molar refractivity (Wildman–Crippen MR) is 67.2 cm³/mol. The highest BCUT2D eigenvalue weighted by atomic mass is 35.5. The van der Waals surface area contributed by atoms with Crippen molar-refractivity contribution in [3.63, 3.8) is 0 Å². The summed E-state index contributed by atoms with van der Waals surface area (Å²) in [6.07, 6.45) is 1.75. The normalized spacial score (nSPS) is 12.0. The molecule has 0 unspecified atom stereocenters. The van der Waals surface area contributed by atoms with Crippen LogP contribution in [0.4, 0.5) is 0 Å². The molecule has 1 aromatic carbocycles. The summed E-state index contributed by atoms with van der Waals surface area (Å²) in [5.74, 6) is 0.0389. The number of aromatic hydroxyl groups is 1. The summed E-state index contributed by atoms with van der Waals surface area (Å²) in [5.41, 5.74) is 6.48. The van der Waals surface area contributed by atoms with Gasteiger partial charge in [0.15, 0.2) is 0 Å². The zero-order valence-corrected chi connectivity index (χ0v) is 10.7. The Morgan fingerprint density at radius 1 is 1.40 bits per heavy atom. The van der Waals surface area contributed by atoms with Crippen molar-refractivity contribution >= 4 is 35.6 Å². The monoisotopic (exact) mass is 269 g/mol. The van der Waals surface area contributed by atoms with Crippen LogP contribution in [0, 0.1) is 0 Å². The van der Waals surface area contributed by atoms with Crippen LogP contribution in [0.25, 0.3) is 0 Å². The van der Waals surface area contributed by atoms with Crippen molar-refractivity contribution in [2.45, 2.75) is 25.8 Å². The van der Waals surface area contributed by atoms with Crippen molar-refractivity contribution in [1.82, 2.24) is 0 Å². The van der Waals surface area contributed by atoms with E-state index in [1.165, 1.54) is 6.07 Å². The number of phenolic OH excluding ortho intramolecular Hbond substituents is 1. The van der Waals surface area contributed by atoms with Gasteiger partial charge in [-0.1, -0.05) is 36.5 Å². The first-order chi connectivity index (χ1) is 6.56. The molecule has 1 aromatic rings. The average molecular weight is 271 g/mol. The molecule has 0 aliphatic carbocycles. The van der Waals surface area contributed by atoms with Crippen LogP contribution in [0.3, 0.4) is 0 Å². The van der Waals surface area contributed by atoms with Crippen molar-refractivity contribution in [1.29, 1.82) is 0 Å². The third-order valence-electron chi connectivity index (χ3n) is 2.06. The molecule has 0 saturated carbocycles. The minimum absolute atomic E-state index is 0. The lowest BCUT2D eigenvalue weighted by molar-refractivity contribution is 0.458. The van der Waals surface area contributed by atoms with Gasteiger partial charge in [0.25, 0.3) is 0 Å². The summed E-state index contributed by atoms with van der Waals surface area (Å²) in [6, 6.07) is 2.94. The minimum Gasteiger partial charge on any atom is -0.506 e. The van der Waals surface area contributed by atoms with E-state index in [-0.39, 0.29) is 29.2 Å². The molecule has 5 heteroatoms. The number of hydrogen-bond donors (Lipinski definition) is 2. The summed E-state index contributed by atoms with van der Waals surface area (Å²) >= 11 is 11.6. The molecule has 0 aliphatic rings. The molecule has 15 heavy (non-hydrogen) atoms. The van der Waals surface area contributed by atoms with E-state index < -0.39 is 0 Å². The third kappa shape index (κ3) is 3.72. The molecular formula is C10H14Cl3NO. The summed E-state index contributed by atoms with van der Waals surface area (Å²) in [6.45, 7) is 2.03. The fourth-order valence-corrected chi connectivity index (χ4v) is 1.84. The van der Waals surface area contributed by atoms with E-state index in [4.69, 9.17) is 28.9 Å². The van der Waals surface area contributed by atoms with Crippen molar-refractivity contribution in [2.24, 2.45) is 5.73 Å². The Morgan fingerprint density at radius 3 is 2.53 bits per heavy atom. The maximum atomic E-state index is 9.65. The largest absolute Gasteiger partial charge is 0.506 e. The van der Waals surface area contributed by atoms with Gasteiger partial charge in [0.1, 0.15) is 5.75 Å². The van der Waals surface area contributed by atoms with E-state index in [1.807, 2.05) is 6.92 Å². The zero-order chi connectivity index (χ0) is 10.7. The molecule has 0 spiro atoms. The standard InChI is InChI=1S/C10H13Cl2NO.ClH/c1-2-3-9(13)7-4-6(11)5-8(12)10(7)14;/h4-5,9,14H,2-3,13H2,1H3;1H/t9-;/m1./s1. The lowest BCUT2D eigenvalue weighted by Gasteiger charge is -2.13. The number of rotatable bonds is 3. The van der Waals surface area contributed by atoms with E-state index in [0.29, 0.717) is 10.6 Å². The van der Waals surface area contributed by atoms with E-state index in [9.17, 15) is 5.11 Å². The highest BCUT2D eigenvalue weighted by molar-refractivity contribution is 6.35. The van der Waals surface area contributed by atoms with E-state index >= 15 is 0 Å². The van der Waals surface area contributed by atoms with E-state index in [1.54, 1.807) is 6.07 Å². The van der Waals surface area contributed by atoms with Gasteiger partial charge in [0, 0.05) is 16.6 Å². The number of nitrogens with two attached hydrogens (primary N) is 1. The molecule has 0 aromatic heterocycles. The molecule has 0 aliphatic heterocycles. The van der Waals surface area contributed by atoms with Crippen molar-refractivity contribution in [3.05, 3.63) is 27.7 Å².